The summed E-state index contributed by atoms with van der Waals surface area (Å²) >= 11 is 0. The molecular weight excluding hydrogens is 355 g/mol. The summed E-state index contributed by atoms with van der Waals surface area (Å²) in [4.78, 5) is 21.0. The fourth-order valence-electron chi connectivity index (χ4n) is 2.86. The number of hydrogen-bond donors (Lipinski definition) is 2. The van der Waals surface area contributed by atoms with E-state index in [9.17, 15) is 9.18 Å². The van der Waals surface area contributed by atoms with Crippen molar-refractivity contribution < 1.29 is 9.18 Å². The van der Waals surface area contributed by atoms with Crippen LogP contribution in [-0.4, -0.2) is 15.9 Å². The van der Waals surface area contributed by atoms with Gasteiger partial charge in [-0.2, -0.15) is 0 Å². The van der Waals surface area contributed by atoms with Gasteiger partial charge in [-0.25, -0.2) is 9.37 Å². The Hall–Kier alpha value is -3.80. The van der Waals surface area contributed by atoms with Gasteiger partial charge in [0, 0.05) is 23.7 Å². The number of para-hydroxylation sites is 1. The van der Waals surface area contributed by atoms with E-state index in [1.165, 1.54) is 6.07 Å². The van der Waals surface area contributed by atoms with Crippen LogP contribution in [0.15, 0.2) is 79.1 Å². The Morgan fingerprint density at radius 2 is 1.79 bits per heavy atom. The van der Waals surface area contributed by atoms with Gasteiger partial charge in [-0.3, -0.25) is 9.78 Å². The molecule has 0 saturated carbocycles. The van der Waals surface area contributed by atoms with Crippen molar-refractivity contribution in [2.24, 2.45) is 0 Å². The number of anilines is 2. The highest BCUT2D eigenvalue weighted by Gasteiger charge is 2.10. The predicted octanol–water partition coefficient (Wildman–Crippen LogP) is 4.63. The molecule has 0 fully saturated rings. The standard InChI is InChI=1S/C22H17FN4O/c23-18-8-2-1-5-16(18)13-25-17-10-11-20(26-14-17)22(28)27-19-9-3-6-15-7-4-12-24-21(15)19/h1-12,14,25H,13H2,(H,27,28). The van der Waals surface area contributed by atoms with Gasteiger partial charge in [-0.15, -0.1) is 0 Å². The first-order chi connectivity index (χ1) is 13.7. The summed E-state index contributed by atoms with van der Waals surface area (Å²) in [6.45, 7) is 0.335. The van der Waals surface area contributed by atoms with Crippen molar-refractivity contribution in [2.75, 3.05) is 10.6 Å². The molecule has 2 heterocycles. The lowest BCUT2D eigenvalue weighted by Crippen LogP contribution is -2.14. The van der Waals surface area contributed by atoms with Crippen molar-refractivity contribution in [2.45, 2.75) is 6.54 Å². The topological polar surface area (TPSA) is 66.9 Å². The van der Waals surface area contributed by atoms with Crippen LogP contribution in [0.2, 0.25) is 0 Å². The van der Waals surface area contributed by atoms with Crippen LogP contribution in [0.4, 0.5) is 15.8 Å². The number of benzene rings is 2. The van der Waals surface area contributed by atoms with E-state index in [2.05, 4.69) is 20.6 Å². The van der Waals surface area contributed by atoms with E-state index in [0.717, 1.165) is 10.9 Å². The normalized spacial score (nSPS) is 10.6. The quantitative estimate of drug-likeness (QED) is 0.536. The molecule has 0 aliphatic heterocycles. The number of carbonyl (C=O) groups excluding carboxylic acids is 1. The Bertz CT molecular complexity index is 1120. The van der Waals surface area contributed by atoms with Gasteiger partial charge >= 0.3 is 0 Å². The Balaban J connectivity index is 1.44. The third kappa shape index (κ3) is 3.81. The molecule has 0 atom stereocenters. The van der Waals surface area contributed by atoms with Crippen molar-refractivity contribution in [1.82, 2.24) is 9.97 Å². The van der Waals surface area contributed by atoms with E-state index in [1.807, 2.05) is 24.3 Å². The molecular formula is C22H17FN4O. The first kappa shape index (κ1) is 17.6. The van der Waals surface area contributed by atoms with Gasteiger partial charge < -0.3 is 10.6 Å². The molecule has 2 aromatic carbocycles. The fourth-order valence-corrected chi connectivity index (χ4v) is 2.86. The van der Waals surface area contributed by atoms with Crippen LogP contribution in [0.1, 0.15) is 16.1 Å². The van der Waals surface area contributed by atoms with Crippen LogP contribution in [-0.2, 0) is 6.54 Å². The zero-order valence-corrected chi connectivity index (χ0v) is 14.9. The van der Waals surface area contributed by atoms with E-state index >= 15 is 0 Å². The van der Waals surface area contributed by atoms with Gasteiger partial charge in [0.25, 0.3) is 5.91 Å². The molecule has 2 aromatic heterocycles. The summed E-state index contributed by atoms with van der Waals surface area (Å²) in [7, 11) is 0. The van der Waals surface area contributed by atoms with Gasteiger partial charge in [0.05, 0.1) is 23.1 Å². The van der Waals surface area contributed by atoms with Crippen molar-refractivity contribution >= 4 is 28.2 Å². The monoisotopic (exact) mass is 372 g/mol. The van der Waals surface area contributed by atoms with E-state index in [0.29, 0.717) is 23.5 Å². The van der Waals surface area contributed by atoms with Gasteiger partial charge in [0.2, 0.25) is 0 Å². The van der Waals surface area contributed by atoms with Crippen LogP contribution >= 0.6 is 0 Å². The second kappa shape index (κ2) is 7.84. The first-order valence-electron chi connectivity index (χ1n) is 8.79. The summed E-state index contributed by atoms with van der Waals surface area (Å²) in [6.07, 6.45) is 3.24. The van der Waals surface area contributed by atoms with Crippen molar-refractivity contribution in [3.05, 3.63) is 96.2 Å². The zero-order valence-electron chi connectivity index (χ0n) is 14.9. The van der Waals surface area contributed by atoms with Crippen molar-refractivity contribution in [3.63, 3.8) is 0 Å². The highest BCUT2D eigenvalue weighted by molar-refractivity contribution is 6.07. The van der Waals surface area contributed by atoms with Gasteiger partial charge in [0.1, 0.15) is 11.5 Å². The fraction of sp³-hybridized carbons (Fsp3) is 0.0455. The smallest absolute Gasteiger partial charge is 0.274 e. The molecule has 2 N–H and O–H groups in total. The average Bonchev–Trinajstić information content (AvgIpc) is 2.74. The largest absolute Gasteiger partial charge is 0.380 e. The van der Waals surface area contributed by atoms with Crippen molar-refractivity contribution in [1.29, 1.82) is 0 Å². The number of nitrogens with zero attached hydrogens (tertiary/aromatic N) is 2. The second-order valence-electron chi connectivity index (χ2n) is 6.21. The Kier molecular flexibility index (Phi) is 4.93. The number of hydrogen-bond acceptors (Lipinski definition) is 4. The molecule has 4 aromatic rings. The molecule has 4 rings (SSSR count). The molecule has 0 spiro atoms. The van der Waals surface area contributed by atoms with E-state index in [-0.39, 0.29) is 17.4 Å². The first-order valence-corrected chi connectivity index (χ1v) is 8.79. The van der Waals surface area contributed by atoms with Gasteiger partial charge in [-0.1, -0.05) is 36.4 Å². The zero-order chi connectivity index (χ0) is 19.3. The summed E-state index contributed by atoms with van der Waals surface area (Å²) in [5.41, 5.74) is 2.90. The summed E-state index contributed by atoms with van der Waals surface area (Å²) in [6, 6.07) is 19.3. The Morgan fingerprint density at radius 1 is 0.929 bits per heavy atom. The number of aromatic nitrogens is 2. The number of rotatable bonds is 5. The number of nitrogens with one attached hydrogen (secondary N) is 2. The Labute approximate surface area is 161 Å². The predicted molar refractivity (Wildman–Crippen MR) is 108 cm³/mol. The molecule has 28 heavy (non-hydrogen) atoms. The molecule has 138 valence electrons. The lowest BCUT2D eigenvalue weighted by atomic mass is 10.2. The van der Waals surface area contributed by atoms with Crippen molar-refractivity contribution in [3.8, 4) is 0 Å². The summed E-state index contributed by atoms with van der Waals surface area (Å²) in [5, 5.41) is 6.89. The van der Waals surface area contributed by atoms with Crippen LogP contribution in [0.5, 0.6) is 0 Å². The molecule has 6 heteroatoms. The lowest BCUT2D eigenvalue weighted by Gasteiger charge is -2.09. The van der Waals surface area contributed by atoms with E-state index in [4.69, 9.17) is 0 Å². The maximum absolute atomic E-state index is 13.7. The number of carbonyl (C=O) groups is 1. The molecule has 0 saturated heterocycles. The summed E-state index contributed by atoms with van der Waals surface area (Å²) < 4.78 is 13.7. The molecule has 0 aliphatic carbocycles. The van der Waals surface area contributed by atoms with Gasteiger partial charge in [0.15, 0.2) is 0 Å². The number of pyridine rings is 2. The third-order valence-corrected chi connectivity index (χ3v) is 4.32. The molecule has 1 amide bonds. The highest BCUT2D eigenvalue weighted by atomic mass is 19.1. The SMILES string of the molecule is O=C(Nc1cccc2cccnc12)c1ccc(NCc2ccccc2F)cn1. The third-order valence-electron chi connectivity index (χ3n) is 4.32. The van der Waals surface area contributed by atoms with Crippen LogP contribution < -0.4 is 10.6 Å². The number of fused-ring (bicyclic) bond motifs is 1. The maximum Gasteiger partial charge on any atom is 0.274 e. The van der Waals surface area contributed by atoms with E-state index < -0.39 is 0 Å². The minimum Gasteiger partial charge on any atom is -0.380 e. The summed E-state index contributed by atoms with van der Waals surface area (Å²) in [5.74, 6) is -0.582. The molecule has 5 nitrogen and oxygen atoms in total. The lowest BCUT2D eigenvalue weighted by molar-refractivity contribution is 0.102. The van der Waals surface area contributed by atoms with E-state index in [1.54, 1.807) is 48.8 Å². The molecule has 0 radical (unpaired) electrons. The minimum atomic E-state index is -0.321. The second-order valence-corrected chi connectivity index (χ2v) is 6.21. The van der Waals surface area contributed by atoms with Crippen LogP contribution in [0.3, 0.4) is 0 Å². The molecule has 0 bridgehead atoms. The number of amides is 1. The van der Waals surface area contributed by atoms with Crippen LogP contribution in [0.25, 0.3) is 10.9 Å². The van der Waals surface area contributed by atoms with Gasteiger partial charge in [-0.05, 0) is 30.3 Å². The molecule has 0 unspecified atom stereocenters. The highest BCUT2D eigenvalue weighted by Crippen LogP contribution is 2.21. The minimum absolute atomic E-state index is 0.261. The Morgan fingerprint density at radius 3 is 2.61 bits per heavy atom. The number of halogens is 1. The maximum atomic E-state index is 13.7. The van der Waals surface area contributed by atoms with Crippen LogP contribution in [0, 0.1) is 5.82 Å². The average molecular weight is 372 g/mol. The molecule has 0 aliphatic rings.